The summed E-state index contributed by atoms with van der Waals surface area (Å²) in [7, 11) is 0. The van der Waals surface area contributed by atoms with Gasteiger partial charge in [-0.2, -0.15) is 0 Å². The fourth-order valence-corrected chi connectivity index (χ4v) is 14.3. The Bertz CT molecular complexity index is 1720. The molecular weight excluding hydrogens is 1220 g/mol. The summed E-state index contributed by atoms with van der Waals surface area (Å²) in [5.74, 6) is -0.239. The van der Waals surface area contributed by atoms with Gasteiger partial charge in [-0.1, -0.05) is 391 Å². The van der Waals surface area contributed by atoms with Crippen molar-refractivity contribution < 1.29 is 64.6 Å². The Hall–Kier alpha value is -1.53. The Labute approximate surface area is 596 Å². The molecule has 2 aliphatic rings. The van der Waals surface area contributed by atoms with Crippen LogP contribution in [0.5, 0.6) is 0 Å². The molecule has 14 heteroatoms. The van der Waals surface area contributed by atoms with E-state index < -0.39 is 86.8 Å². The van der Waals surface area contributed by atoms with Gasteiger partial charge in [0.1, 0.15) is 48.8 Å². The SMILES string of the molecule is CCCCCCCCCCCCCCCCCCC/C=C/CC/C=C/C(O)C(COC1OC(CO)C(OC2OC(CO)C(O)C(O)C2O)C(O)C1O)NC(=O)CCCCCCCCCCCCCCCCCCCCCCCCCCCCCCCCCCCCCCCCCC. The van der Waals surface area contributed by atoms with Gasteiger partial charge in [-0.25, -0.2) is 0 Å². The zero-order valence-corrected chi connectivity index (χ0v) is 63.1. The molecule has 12 unspecified atom stereocenters. The second kappa shape index (κ2) is 67.6. The molecule has 2 rings (SSSR count). The van der Waals surface area contributed by atoms with Crippen LogP contribution in [-0.4, -0.2) is 140 Å². The molecule has 14 nitrogen and oxygen atoms in total. The maximum Gasteiger partial charge on any atom is 0.220 e. The molecule has 0 aromatic rings. The number of rotatable bonds is 72. The lowest BCUT2D eigenvalue weighted by Crippen LogP contribution is -2.65. The van der Waals surface area contributed by atoms with Gasteiger partial charge >= 0.3 is 0 Å². The van der Waals surface area contributed by atoms with Gasteiger partial charge < -0.3 is 65.1 Å². The third-order valence-electron chi connectivity index (χ3n) is 20.9. The zero-order valence-electron chi connectivity index (χ0n) is 63.1. The van der Waals surface area contributed by atoms with Crippen molar-refractivity contribution in [3.05, 3.63) is 24.3 Å². The summed E-state index contributed by atoms with van der Waals surface area (Å²) in [5, 5.41) is 87.6. The summed E-state index contributed by atoms with van der Waals surface area (Å²) in [5.41, 5.74) is 0. The number of hydrogen-bond donors (Lipinski definition) is 9. The summed E-state index contributed by atoms with van der Waals surface area (Å²) >= 11 is 0. The number of nitrogens with one attached hydrogen (secondary N) is 1. The van der Waals surface area contributed by atoms with E-state index in [1.807, 2.05) is 6.08 Å². The van der Waals surface area contributed by atoms with E-state index >= 15 is 0 Å². The summed E-state index contributed by atoms with van der Waals surface area (Å²) in [6.07, 6.45) is 71.6. The van der Waals surface area contributed by atoms with Crippen LogP contribution in [0.25, 0.3) is 0 Å². The average molecular weight is 1380 g/mol. The van der Waals surface area contributed by atoms with Crippen LogP contribution in [0.15, 0.2) is 24.3 Å². The number of hydrogen-bond acceptors (Lipinski definition) is 13. The number of aliphatic hydroxyl groups is 8. The number of amides is 1. The lowest BCUT2D eigenvalue weighted by molar-refractivity contribution is -0.359. The Balaban J connectivity index is 1.56. The lowest BCUT2D eigenvalue weighted by Gasteiger charge is -2.46. The molecule has 9 N–H and O–H groups in total. The first kappa shape index (κ1) is 91.6. The molecule has 1 amide bonds. The van der Waals surface area contributed by atoms with Crippen molar-refractivity contribution in [3.63, 3.8) is 0 Å². The first-order valence-corrected chi connectivity index (χ1v) is 42.1. The lowest BCUT2D eigenvalue weighted by atomic mass is 9.97. The molecule has 2 fully saturated rings. The molecule has 0 aliphatic carbocycles. The van der Waals surface area contributed by atoms with E-state index in [1.54, 1.807) is 6.08 Å². The van der Waals surface area contributed by atoms with Crippen LogP contribution in [-0.2, 0) is 23.7 Å². The molecule has 0 spiro atoms. The second-order valence-electron chi connectivity index (χ2n) is 30.0. The molecule has 0 bridgehead atoms. The van der Waals surface area contributed by atoms with Gasteiger partial charge in [0.05, 0.1) is 32.0 Å². The van der Waals surface area contributed by atoms with Crippen LogP contribution < -0.4 is 5.32 Å². The number of allylic oxidation sites excluding steroid dienone is 3. The highest BCUT2D eigenvalue weighted by molar-refractivity contribution is 5.76. The topological polar surface area (TPSA) is 228 Å². The molecule has 2 heterocycles. The number of carbonyl (C=O) groups excluding carboxylic acids is 1. The first-order valence-electron chi connectivity index (χ1n) is 42.1. The molecule has 97 heavy (non-hydrogen) atoms. The van der Waals surface area contributed by atoms with E-state index in [-0.39, 0.29) is 18.9 Å². The van der Waals surface area contributed by atoms with Crippen molar-refractivity contribution in [1.82, 2.24) is 5.32 Å². The van der Waals surface area contributed by atoms with E-state index in [0.717, 1.165) is 32.1 Å². The summed E-state index contributed by atoms with van der Waals surface area (Å²) in [6, 6.07) is -0.930. The quantitative estimate of drug-likeness (QED) is 0.0204. The highest BCUT2D eigenvalue weighted by Crippen LogP contribution is 2.30. The predicted molar refractivity (Wildman–Crippen MR) is 402 cm³/mol. The van der Waals surface area contributed by atoms with Crippen molar-refractivity contribution in [2.45, 2.75) is 479 Å². The minimum absolute atomic E-state index is 0.239. The third kappa shape index (κ3) is 50.5. The number of aliphatic hydroxyl groups excluding tert-OH is 8. The van der Waals surface area contributed by atoms with Crippen molar-refractivity contribution in [2.24, 2.45) is 0 Å². The molecule has 2 saturated heterocycles. The summed E-state index contributed by atoms with van der Waals surface area (Å²) in [6.45, 7) is 2.86. The second-order valence-corrected chi connectivity index (χ2v) is 30.0. The third-order valence-corrected chi connectivity index (χ3v) is 20.9. The molecular formula is C83H159NO13. The van der Waals surface area contributed by atoms with Crippen molar-refractivity contribution in [1.29, 1.82) is 0 Å². The zero-order chi connectivity index (χ0) is 70.1. The smallest absolute Gasteiger partial charge is 0.220 e. The highest BCUT2D eigenvalue weighted by Gasteiger charge is 2.51. The maximum absolute atomic E-state index is 13.4. The molecule has 0 radical (unpaired) electrons. The van der Waals surface area contributed by atoms with Crippen LogP contribution in [0, 0.1) is 0 Å². The van der Waals surface area contributed by atoms with E-state index in [4.69, 9.17) is 18.9 Å². The van der Waals surface area contributed by atoms with Gasteiger partial charge in [-0.15, -0.1) is 0 Å². The Morgan fingerprint density at radius 3 is 1.01 bits per heavy atom. The monoisotopic (exact) mass is 1380 g/mol. The van der Waals surface area contributed by atoms with Crippen LogP contribution >= 0.6 is 0 Å². The summed E-state index contributed by atoms with van der Waals surface area (Å²) < 4.78 is 22.9. The Morgan fingerprint density at radius 1 is 0.361 bits per heavy atom. The fourth-order valence-electron chi connectivity index (χ4n) is 14.3. The van der Waals surface area contributed by atoms with Gasteiger partial charge in [0.2, 0.25) is 5.91 Å². The van der Waals surface area contributed by atoms with Crippen LogP contribution in [0.4, 0.5) is 0 Å². The molecule has 574 valence electrons. The van der Waals surface area contributed by atoms with Crippen molar-refractivity contribution in [3.8, 4) is 0 Å². The maximum atomic E-state index is 13.4. The molecule has 2 aliphatic heterocycles. The summed E-state index contributed by atoms with van der Waals surface area (Å²) in [4.78, 5) is 13.4. The fraction of sp³-hybridized carbons (Fsp3) is 0.940. The van der Waals surface area contributed by atoms with Gasteiger partial charge in [0.15, 0.2) is 12.6 Å². The predicted octanol–water partition coefficient (Wildman–Crippen LogP) is 19.4. The van der Waals surface area contributed by atoms with E-state index in [0.29, 0.717) is 12.8 Å². The number of unbranched alkanes of at least 4 members (excludes halogenated alkanes) is 57. The standard InChI is InChI=1S/C83H159NO13/c1-3-5-7-9-11-13-15-17-19-21-23-25-27-28-29-30-31-32-33-34-35-36-37-38-39-40-41-42-43-45-47-49-51-53-55-57-59-61-63-65-67-75(88)84-71(70-94-82-80(93)78(91)81(74(69-86)96-82)97-83-79(92)77(90)76(89)73(68-85)95-83)72(87)66-64-62-60-58-56-54-52-50-48-46-44-26-24-22-20-18-16-14-12-10-8-6-4-2/h56,58,64,66,71-74,76-83,85-87,89-93H,3-55,57,59-63,65,67-70H2,1-2H3,(H,84,88)/b58-56+,66-64+. The van der Waals surface area contributed by atoms with Crippen LogP contribution in [0.3, 0.4) is 0 Å². The minimum atomic E-state index is -1.79. The Kier molecular flexibility index (Phi) is 63.8. The highest BCUT2D eigenvalue weighted by atomic mass is 16.7. The number of carbonyl (C=O) groups is 1. The minimum Gasteiger partial charge on any atom is -0.394 e. The van der Waals surface area contributed by atoms with Crippen LogP contribution in [0.1, 0.15) is 406 Å². The number of ether oxygens (including phenoxy) is 4. The normalized spacial score (nSPS) is 22.2. The molecule has 0 aromatic heterocycles. The first-order chi connectivity index (χ1) is 47.6. The van der Waals surface area contributed by atoms with E-state index in [2.05, 4.69) is 31.3 Å². The average Bonchev–Trinajstić information content (AvgIpc) is 0.794. The van der Waals surface area contributed by atoms with Crippen molar-refractivity contribution >= 4 is 5.91 Å². The van der Waals surface area contributed by atoms with Crippen molar-refractivity contribution in [2.75, 3.05) is 19.8 Å². The Morgan fingerprint density at radius 2 is 0.660 bits per heavy atom. The van der Waals surface area contributed by atoms with E-state index in [1.165, 1.54) is 340 Å². The van der Waals surface area contributed by atoms with E-state index in [9.17, 15) is 45.6 Å². The van der Waals surface area contributed by atoms with Crippen LogP contribution in [0.2, 0.25) is 0 Å². The van der Waals surface area contributed by atoms with Gasteiger partial charge in [0, 0.05) is 6.42 Å². The van der Waals surface area contributed by atoms with Gasteiger partial charge in [0.25, 0.3) is 0 Å². The molecule has 12 atom stereocenters. The van der Waals surface area contributed by atoms with Gasteiger partial charge in [-0.05, 0) is 32.1 Å². The molecule has 0 saturated carbocycles. The van der Waals surface area contributed by atoms with Gasteiger partial charge in [-0.3, -0.25) is 4.79 Å². The molecule has 0 aromatic carbocycles. The largest absolute Gasteiger partial charge is 0.394 e.